The van der Waals surface area contributed by atoms with Gasteiger partial charge in [-0.2, -0.15) is 5.26 Å². The van der Waals surface area contributed by atoms with Crippen molar-refractivity contribution in [3.8, 4) is 11.8 Å². The van der Waals surface area contributed by atoms with Crippen molar-refractivity contribution in [3.63, 3.8) is 0 Å². The predicted octanol–water partition coefficient (Wildman–Crippen LogP) is 1.87. The highest BCUT2D eigenvalue weighted by Gasteiger charge is 2.19. The van der Waals surface area contributed by atoms with Crippen LogP contribution >= 0.6 is 0 Å². The van der Waals surface area contributed by atoms with Crippen molar-refractivity contribution in [1.82, 2.24) is 5.32 Å². The molecule has 144 valence electrons. The molecule has 0 spiro atoms. The number of nitriles is 1. The Labute approximate surface area is 162 Å². The van der Waals surface area contributed by atoms with Crippen molar-refractivity contribution in [2.45, 2.75) is 13.0 Å². The van der Waals surface area contributed by atoms with E-state index in [2.05, 4.69) is 10.6 Å². The molecule has 0 aliphatic rings. The van der Waals surface area contributed by atoms with Gasteiger partial charge in [-0.25, -0.2) is 0 Å². The highest BCUT2D eigenvalue weighted by molar-refractivity contribution is 5.97. The smallest absolute Gasteiger partial charge is 0.326 e. The molecule has 0 radical (unpaired) electrons. The van der Waals surface area contributed by atoms with Crippen LogP contribution in [0, 0.1) is 11.3 Å². The molecule has 2 amide bonds. The summed E-state index contributed by atoms with van der Waals surface area (Å²) in [5.74, 6) is -1.27. The number of methoxy groups -OCH3 is 1. The van der Waals surface area contributed by atoms with Crippen LogP contribution in [-0.4, -0.2) is 37.5 Å². The number of rotatable bonds is 7. The minimum absolute atomic E-state index is 0.329. The molecule has 0 heterocycles. The third-order valence-corrected chi connectivity index (χ3v) is 3.66. The molecule has 28 heavy (non-hydrogen) atoms. The zero-order valence-corrected chi connectivity index (χ0v) is 15.4. The van der Waals surface area contributed by atoms with Crippen LogP contribution in [0.5, 0.6) is 5.75 Å². The Hall–Kier alpha value is -3.86. The summed E-state index contributed by atoms with van der Waals surface area (Å²) >= 11 is 0. The third kappa shape index (κ3) is 5.85. The Morgan fingerprint density at radius 3 is 2.61 bits per heavy atom. The van der Waals surface area contributed by atoms with Crippen molar-refractivity contribution in [2.75, 3.05) is 19.0 Å². The molecule has 8 nitrogen and oxygen atoms in total. The van der Waals surface area contributed by atoms with Crippen LogP contribution in [0.2, 0.25) is 0 Å². The van der Waals surface area contributed by atoms with Crippen LogP contribution < -0.4 is 15.4 Å². The molecule has 0 aliphatic heterocycles. The Morgan fingerprint density at radius 2 is 1.89 bits per heavy atom. The van der Waals surface area contributed by atoms with Crippen LogP contribution in [0.4, 0.5) is 5.69 Å². The average Bonchev–Trinajstić information content (AvgIpc) is 2.72. The average molecular weight is 381 g/mol. The molecule has 0 fully saturated rings. The minimum atomic E-state index is -1.08. The Morgan fingerprint density at radius 1 is 1.14 bits per heavy atom. The number of ether oxygens (including phenoxy) is 2. The Kier molecular flexibility index (Phi) is 7.11. The van der Waals surface area contributed by atoms with Gasteiger partial charge in [-0.05, 0) is 43.3 Å². The highest BCUT2D eigenvalue weighted by atomic mass is 16.5. The summed E-state index contributed by atoms with van der Waals surface area (Å²) < 4.78 is 10.1. The molecular weight excluding hydrogens is 362 g/mol. The molecular formula is C20H19N3O5. The number of hydrogen-bond donors (Lipinski definition) is 2. The van der Waals surface area contributed by atoms with Gasteiger partial charge in [0.2, 0.25) is 0 Å². The number of esters is 1. The number of nitrogens with zero attached hydrogens (tertiary/aromatic N) is 1. The number of amides is 2. The van der Waals surface area contributed by atoms with Crippen LogP contribution in [0.3, 0.4) is 0 Å². The first-order valence-electron chi connectivity index (χ1n) is 8.35. The Bertz CT molecular complexity index is 920. The summed E-state index contributed by atoms with van der Waals surface area (Å²) in [5, 5.41) is 13.8. The number of carbonyl (C=O) groups excluding carboxylic acids is 3. The van der Waals surface area contributed by atoms with E-state index >= 15 is 0 Å². The van der Waals surface area contributed by atoms with E-state index in [4.69, 9.17) is 14.7 Å². The molecule has 0 aromatic heterocycles. The molecule has 0 bridgehead atoms. The van der Waals surface area contributed by atoms with Crippen LogP contribution in [0.25, 0.3) is 0 Å². The van der Waals surface area contributed by atoms with E-state index in [0.717, 1.165) is 0 Å². The van der Waals surface area contributed by atoms with Gasteiger partial charge < -0.3 is 20.1 Å². The second-order valence-electron chi connectivity index (χ2n) is 5.73. The molecule has 0 saturated carbocycles. The van der Waals surface area contributed by atoms with Gasteiger partial charge in [-0.15, -0.1) is 0 Å². The maximum absolute atomic E-state index is 12.1. The van der Waals surface area contributed by atoms with E-state index in [9.17, 15) is 14.4 Å². The van der Waals surface area contributed by atoms with Crippen molar-refractivity contribution >= 4 is 23.5 Å². The lowest BCUT2D eigenvalue weighted by Gasteiger charge is -2.14. The number of nitrogens with one attached hydrogen (secondary N) is 2. The van der Waals surface area contributed by atoms with Gasteiger partial charge >= 0.3 is 5.97 Å². The molecule has 0 saturated heterocycles. The number of benzene rings is 2. The summed E-state index contributed by atoms with van der Waals surface area (Å²) in [7, 11) is 1.48. The lowest BCUT2D eigenvalue weighted by molar-refractivity contribution is -0.152. The quantitative estimate of drug-likeness (QED) is 0.707. The van der Waals surface area contributed by atoms with E-state index in [1.54, 1.807) is 36.4 Å². The maximum Gasteiger partial charge on any atom is 0.326 e. The second-order valence-corrected chi connectivity index (χ2v) is 5.73. The van der Waals surface area contributed by atoms with Gasteiger partial charge in [0.1, 0.15) is 12.3 Å². The van der Waals surface area contributed by atoms with Gasteiger partial charge in [0.25, 0.3) is 11.8 Å². The summed E-state index contributed by atoms with van der Waals surface area (Å²) in [6.07, 6.45) is -1.08. The highest BCUT2D eigenvalue weighted by Crippen LogP contribution is 2.12. The first kappa shape index (κ1) is 20.5. The van der Waals surface area contributed by atoms with Crippen molar-refractivity contribution in [1.29, 1.82) is 5.26 Å². The van der Waals surface area contributed by atoms with Gasteiger partial charge in [0.15, 0.2) is 6.10 Å². The molecule has 0 unspecified atom stereocenters. The fourth-order valence-electron chi connectivity index (χ4n) is 2.22. The summed E-state index contributed by atoms with van der Waals surface area (Å²) in [5.41, 5.74) is 1.14. The van der Waals surface area contributed by atoms with Crippen molar-refractivity contribution in [3.05, 3.63) is 59.7 Å². The molecule has 2 N–H and O–H groups in total. The van der Waals surface area contributed by atoms with Crippen molar-refractivity contribution < 1.29 is 23.9 Å². The lowest BCUT2D eigenvalue weighted by Crippen LogP contribution is -2.35. The van der Waals surface area contributed by atoms with Gasteiger partial charge in [0.05, 0.1) is 18.7 Å². The first-order chi connectivity index (χ1) is 13.4. The largest absolute Gasteiger partial charge is 0.497 e. The van der Waals surface area contributed by atoms with Crippen LogP contribution in [0.1, 0.15) is 22.8 Å². The third-order valence-electron chi connectivity index (χ3n) is 3.66. The van der Waals surface area contributed by atoms with E-state index in [-0.39, 0.29) is 0 Å². The lowest BCUT2D eigenvalue weighted by atomic mass is 10.2. The fourth-order valence-corrected chi connectivity index (χ4v) is 2.22. The molecule has 2 rings (SSSR count). The minimum Gasteiger partial charge on any atom is -0.497 e. The van der Waals surface area contributed by atoms with Crippen LogP contribution in [-0.2, 0) is 14.3 Å². The molecule has 0 aliphatic carbocycles. The monoisotopic (exact) mass is 381 g/mol. The number of anilines is 1. The zero-order valence-electron chi connectivity index (χ0n) is 15.4. The molecule has 2 aromatic rings. The van der Waals surface area contributed by atoms with Crippen LogP contribution in [0.15, 0.2) is 48.5 Å². The molecule has 2 aromatic carbocycles. The summed E-state index contributed by atoms with van der Waals surface area (Å²) in [6, 6.07) is 14.8. The van der Waals surface area contributed by atoms with Gasteiger partial charge in [0, 0.05) is 11.3 Å². The van der Waals surface area contributed by atoms with E-state index in [0.29, 0.717) is 22.6 Å². The molecule has 8 heteroatoms. The Balaban J connectivity index is 1.83. The first-order valence-corrected chi connectivity index (χ1v) is 8.35. The second kappa shape index (κ2) is 9.73. The maximum atomic E-state index is 12.1. The SMILES string of the molecule is COc1cccc(C(=O)NCC(=O)O[C@@H](C)C(=O)Nc2cccc(C#N)c2)c1. The fraction of sp³-hybridized carbons (Fsp3) is 0.200. The summed E-state index contributed by atoms with van der Waals surface area (Å²) in [4.78, 5) is 36.0. The van der Waals surface area contributed by atoms with E-state index in [1.165, 1.54) is 26.2 Å². The normalized spacial score (nSPS) is 10.9. The van der Waals surface area contributed by atoms with E-state index in [1.807, 2.05) is 6.07 Å². The number of hydrogen-bond acceptors (Lipinski definition) is 6. The summed E-state index contributed by atoms with van der Waals surface area (Å²) in [6.45, 7) is 1.02. The van der Waals surface area contributed by atoms with Crippen molar-refractivity contribution in [2.24, 2.45) is 0 Å². The van der Waals surface area contributed by atoms with Gasteiger partial charge in [-0.1, -0.05) is 12.1 Å². The zero-order chi connectivity index (χ0) is 20.5. The number of carbonyl (C=O) groups is 3. The molecule has 1 atom stereocenters. The predicted molar refractivity (Wildman–Crippen MR) is 101 cm³/mol. The van der Waals surface area contributed by atoms with Gasteiger partial charge in [-0.3, -0.25) is 14.4 Å². The van der Waals surface area contributed by atoms with E-state index < -0.39 is 30.4 Å². The topological polar surface area (TPSA) is 118 Å². The standard InChI is InChI=1S/C20H19N3O5/c1-13(19(25)23-16-7-3-5-14(9-16)11-21)28-18(24)12-22-20(26)15-6-4-8-17(10-15)27-2/h3-10,13H,12H2,1-2H3,(H,22,26)(H,23,25)/t13-/m0/s1.